The molecule has 1 aromatic rings. The van der Waals surface area contributed by atoms with Crippen LogP contribution >= 0.6 is 27.7 Å². The second kappa shape index (κ2) is 4.57. The van der Waals surface area contributed by atoms with Crippen LogP contribution in [0.3, 0.4) is 0 Å². The molecule has 0 N–H and O–H groups in total. The molecule has 58 valence electrons. The molecule has 0 saturated heterocycles. The lowest BCUT2D eigenvalue weighted by molar-refractivity contribution is 1.10. The van der Waals surface area contributed by atoms with Crippen molar-refractivity contribution in [2.24, 2.45) is 0 Å². The minimum atomic E-state index is 0.881. The van der Waals surface area contributed by atoms with Gasteiger partial charge in [0.25, 0.3) is 0 Å². The quantitative estimate of drug-likeness (QED) is 0.449. The van der Waals surface area contributed by atoms with E-state index in [0.29, 0.717) is 0 Å². The molecule has 0 fully saturated rings. The summed E-state index contributed by atoms with van der Waals surface area (Å²) in [5.74, 6) is 0.906. The van der Waals surface area contributed by atoms with Crippen LogP contribution in [0.15, 0.2) is 40.5 Å². The van der Waals surface area contributed by atoms with Gasteiger partial charge in [-0.3, -0.25) is 0 Å². The van der Waals surface area contributed by atoms with Crippen molar-refractivity contribution >= 4 is 27.7 Å². The molecule has 0 bridgehead atoms. The second-order valence-corrected chi connectivity index (χ2v) is 3.75. The van der Waals surface area contributed by atoms with Gasteiger partial charge in [0.15, 0.2) is 0 Å². The number of thioether (sulfide) groups is 1. The highest BCUT2D eigenvalue weighted by Gasteiger charge is 1.92. The zero-order chi connectivity index (χ0) is 8.10. The number of aromatic nitrogens is 1. The normalized spacial score (nSPS) is 9.55. The highest BCUT2D eigenvalue weighted by atomic mass is 79.9. The molecule has 1 rings (SSSR count). The van der Waals surface area contributed by atoms with Gasteiger partial charge in [0, 0.05) is 5.75 Å². The molecule has 1 nitrogen and oxygen atoms in total. The lowest BCUT2D eigenvalue weighted by atomic mass is 10.5. The van der Waals surface area contributed by atoms with Crippen molar-refractivity contribution < 1.29 is 0 Å². The van der Waals surface area contributed by atoms with E-state index in [1.165, 1.54) is 0 Å². The molecule has 0 aliphatic carbocycles. The van der Waals surface area contributed by atoms with E-state index < -0.39 is 0 Å². The van der Waals surface area contributed by atoms with Crippen molar-refractivity contribution in [3.63, 3.8) is 0 Å². The number of halogens is 1. The van der Waals surface area contributed by atoms with Gasteiger partial charge in [0.1, 0.15) is 4.60 Å². The molecule has 0 saturated carbocycles. The fourth-order valence-corrected chi connectivity index (χ4v) is 1.70. The largest absolute Gasteiger partial charge is 0.235 e. The van der Waals surface area contributed by atoms with Crippen molar-refractivity contribution in [1.82, 2.24) is 4.98 Å². The molecule has 0 aliphatic heterocycles. The minimum absolute atomic E-state index is 0.881. The smallest absolute Gasteiger partial charge is 0.107 e. The fraction of sp³-hybridized carbons (Fsp3) is 0.125. The lowest BCUT2D eigenvalue weighted by Gasteiger charge is -1.96. The predicted molar refractivity (Wildman–Crippen MR) is 52.9 cm³/mol. The van der Waals surface area contributed by atoms with Crippen LogP contribution in [0.1, 0.15) is 0 Å². The Morgan fingerprint density at radius 3 is 3.09 bits per heavy atom. The number of pyridine rings is 1. The van der Waals surface area contributed by atoms with E-state index in [1.54, 1.807) is 11.8 Å². The average Bonchev–Trinajstić information content (AvgIpc) is 2.01. The van der Waals surface area contributed by atoms with Gasteiger partial charge in [-0.2, -0.15) is 0 Å². The summed E-state index contributed by atoms with van der Waals surface area (Å²) in [6.45, 7) is 3.64. The van der Waals surface area contributed by atoms with E-state index in [2.05, 4.69) is 27.5 Å². The Morgan fingerprint density at radius 1 is 1.64 bits per heavy atom. The Kier molecular flexibility index (Phi) is 3.66. The van der Waals surface area contributed by atoms with Crippen LogP contribution < -0.4 is 0 Å². The maximum Gasteiger partial charge on any atom is 0.107 e. The molecule has 0 atom stereocenters. The highest BCUT2D eigenvalue weighted by Crippen LogP contribution is 2.17. The van der Waals surface area contributed by atoms with Crippen LogP contribution in [0.25, 0.3) is 0 Å². The Hall–Kier alpha value is -0.280. The molecule has 1 heterocycles. The van der Waals surface area contributed by atoms with Crippen LogP contribution in [0, 0.1) is 0 Å². The van der Waals surface area contributed by atoms with E-state index in [4.69, 9.17) is 0 Å². The third-order valence-corrected chi connectivity index (χ3v) is 2.41. The Labute approximate surface area is 79.0 Å². The summed E-state index contributed by atoms with van der Waals surface area (Å²) in [5, 5.41) is 1.03. The highest BCUT2D eigenvalue weighted by molar-refractivity contribution is 9.10. The number of nitrogens with zero attached hydrogens (tertiary/aromatic N) is 1. The maximum absolute atomic E-state index is 4.24. The third-order valence-electron chi connectivity index (χ3n) is 1.04. The van der Waals surface area contributed by atoms with Crippen LogP contribution in [0.2, 0.25) is 0 Å². The number of rotatable bonds is 3. The SMILES string of the molecule is C=CCSc1cccc(Br)n1. The van der Waals surface area contributed by atoms with Gasteiger partial charge < -0.3 is 0 Å². The van der Waals surface area contributed by atoms with E-state index in [0.717, 1.165) is 15.4 Å². The van der Waals surface area contributed by atoms with E-state index in [1.807, 2.05) is 24.3 Å². The molecule has 11 heavy (non-hydrogen) atoms. The van der Waals surface area contributed by atoms with Crippen molar-refractivity contribution in [3.05, 3.63) is 35.5 Å². The van der Waals surface area contributed by atoms with Crippen LogP contribution in [-0.2, 0) is 0 Å². The first-order valence-corrected chi connectivity index (χ1v) is 4.97. The lowest BCUT2D eigenvalue weighted by Crippen LogP contribution is -1.79. The minimum Gasteiger partial charge on any atom is -0.235 e. The molecule has 1 aromatic heterocycles. The molecule has 0 unspecified atom stereocenters. The van der Waals surface area contributed by atoms with Crippen molar-refractivity contribution in [1.29, 1.82) is 0 Å². The summed E-state index contributed by atoms with van der Waals surface area (Å²) in [5.41, 5.74) is 0. The topological polar surface area (TPSA) is 12.9 Å². The van der Waals surface area contributed by atoms with Gasteiger partial charge in [-0.25, -0.2) is 4.98 Å². The second-order valence-electron chi connectivity index (χ2n) is 1.90. The summed E-state index contributed by atoms with van der Waals surface area (Å²) in [7, 11) is 0. The summed E-state index contributed by atoms with van der Waals surface area (Å²) >= 11 is 4.98. The Balaban J connectivity index is 2.63. The maximum atomic E-state index is 4.24. The average molecular weight is 230 g/mol. The molecule has 0 radical (unpaired) electrons. The number of hydrogen-bond donors (Lipinski definition) is 0. The van der Waals surface area contributed by atoms with Crippen LogP contribution in [-0.4, -0.2) is 10.7 Å². The Bertz CT molecular complexity index is 250. The monoisotopic (exact) mass is 229 g/mol. The van der Waals surface area contributed by atoms with Crippen molar-refractivity contribution in [2.45, 2.75) is 5.03 Å². The van der Waals surface area contributed by atoms with Crippen LogP contribution in [0.5, 0.6) is 0 Å². The van der Waals surface area contributed by atoms with Gasteiger partial charge in [-0.15, -0.1) is 18.3 Å². The van der Waals surface area contributed by atoms with Gasteiger partial charge in [-0.05, 0) is 28.1 Å². The predicted octanol–water partition coefficient (Wildman–Crippen LogP) is 3.12. The van der Waals surface area contributed by atoms with E-state index >= 15 is 0 Å². The van der Waals surface area contributed by atoms with E-state index in [-0.39, 0.29) is 0 Å². The van der Waals surface area contributed by atoms with E-state index in [9.17, 15) is 0 Å². The molecule has 0 aliphatic rings. The van der Waals surface area contributed by atoms with Gasteiger partial charge in [0.05, 0.1) is 5.03 Å². The standard InChI is InChI=1S/C8H8BrNS/c1-2-6-11-8-5-3-4-7(9)10-8/h2-5H,1,6H2. The van der Waals surface area contributed by atoms with Gasteiger partial charge in [-0.1, -0.05) is 12.1 Å². The molecule has 0 amide bonds. The van der Waals surface area contributed by atoms with Gasteiger partial charge >= 0.3 is 0 Å². The first-order valence-electron chi connectivity index (χ1n) is 3.19. The molecular weight excluding hydrogens is 222 g/mol. The first-order chi connectivity index (χ1) is 5.33. The van der Waals surface area contributed by atoms with Crippen LogP contribution in [0.4, 0.5) is 0 Å². The van der Waals surface area contributed by atoms with Crippen molar-refractivity contribution in [2.75, 3.05) is 5.75 Å². The molecular formula is C8H8BrNS. The zero-order valence-electron chi connectivity index (χ0n) is 5.96. The zero-order valence-corrected chi connectivity index (χ0v) is 8.36. The Morgan fingerprint density at radius 2 is 2.45 bits per heavy atom. The first kappa shape index (κ1) is 8.81. The molecule has 3 heteroatoms. The molecule has 0 spiro atoms. The van der Waals surface area contributed by atoms with Gasteiger partial charge in [0.2, 0.25) is 0 Å². The fourth-order valence-electron chi connectivity index (χ4n) is 0.614. The van der Waals surface area contributed by atoms with Crippen molar-refractivity contribution in [3.8, 4) is 0 Å². The summed E-state index contributed by atoms with van der Waals surface area (Å²) in [6.07, 6.45) is 1.87. The summed E-state index contributed by atoms with van der Waals surface area (Å²) < 4.78 is 0.881. The number of hydrogen-bond acceptors (Lipinski definition) is 2. The summed E-state index contributed by atoms with van der Waals surface area (Å²) in [6, 6.07) is 5.87. The molecule has 0 aromatic carbocycles. The third kappa shape index (κ3) is 3.08. The summed E-state index contributed by atoms with van der Waals surface area (Å²) in [4.78, 5) is 4.24.